The van der Waals surface area contributed by atoms with Gasteiger partial charge in [0.05, 0.1) is 6.04 Å². The van der Waals surface area contributed by atoms with Gasteiger partial charge in [-0.3, -0.25) is 4.79 Å². The van der Waals surface area contributed by atoms with E-state index in [4.69, 9.17) is 0 Å². The first-order chi connectivity index (χ1) is 8.86. The third kappa shape index (κ3) is 2.34. The molecular formula is C15H19NOS. The van der Waals surface area contributed by atoms with Crippen LogP contribution in [0.1, 0.15) is 41.1 Å². The molecule has 2 nitrogen and oxygen atoms in total. The van der Waals surface area contributed by atoms with Gasteiger partial charge in [0.1, 0.15) is 0 Å². The monoisotopic (exact) mass is 261 g/mol. The van der Waals surface area contributed by atoms with Crippen LogP contribution in [0, 0.1) is 0 Å². The lowest BCUT2D eigenvalue weighted by Gasteiger charge is -2.29. The highest BCUT2D eigenvalue weighted by atomic mass is 32.2. The number of hydrogen-bond donors (Lipinski definition) is 1. The smallest absolute Gasteiger partial charge is 0.180 e. The predicted octanol–water partition coefficient (Wildman–Crippen LogP) is 2.84. The minimum atomic E-state index is 0.0185. The van der Waals surface area contributed by atoms with Crippen LogP contribution in [0.25, 0.3) is 0 Å². The lowest BCUT2D eigenvalue weighted by atomic mass is 9.77. The standard InChI is InChI=1S/C15H19NOS/c17-15(14-10-18-9-8-16-14)13-7-2-1-6-12(13)11-4-3-5-11/h1-2,6-7,11,14,16H,3-5,8-10H2. The van der Waals surface area contributed by atoms with Crippen molar-refractivity contribution in [2.75, 3.05) is 18.1 Å². The third-order valence-electron chi connectivity index (χ3n) is 4.01. The molecule has 0 spiro atoms. The van der Waals surface area contributed by atoms with E-state index in [0.717, 1.165) is 23.6 Å². The van der Waals surface area contributed by atoms with Crippen molar-refractivity contribution < 1.29 is 4.79 Å². The van der Waals surface area contributed by atoms with Crippen LogP contribution in [0.5, 0.6) is 0 Å². The number of carbonyl (C=O) groups excluding carboxylic acids is 1. The Morgan fingerprint density at radius 2 is 2.11 bits per heavy atom. The Morgan fingerprint density at radius 1 is 1.28 bits per heavy atom. The van der Waals surface area contributed by atoms with Crippen LogP contribution in [0.2, 0.25) is 0 Å². The third-order valence-corrected chi connectivity index (χ3v) is 5.07. The molecule has 2 fully saturated rings. The van der Waals surface area contributed by atoms with Crippen molar-refractivity contribution in [1.29, 1.82) is 0 Å². The Bertz CT molecular complexity index is 436. The number of benzene rings is 1. The van der Waals surface area contributed by atoms with Crippen molar-refractivity contribution in [3.05, 3.63) is 35.4 Å². The molecule has 3 rings (SSSR count). The summed E-state index contributed by atoms with van der Waals surface area (Å²) >= 11 is 1.88. The molecule has 1 aliphatic carbocycles. The molecule has 1 heterocycles. The molecule has 3 heteroatoms. The Morgan fingerprint density at radius 3 is 2.78 bits per heavy atom. The summed E-state index contributed by atoms with van der Waals surface area (Å²) in [6.45, 7) is 0.951. The van der Waals surface area contributed by atoms with Gasteiger partial charge in [-0.2, -0.15) is 11.8 Å². The molecule has 2 aliphatic rings. The highest BCUT2D eigenvalue weighted by Gasteiger charge is 2.28. The number of ketones is 1. The zero-order valence-corrected chi connectivity index (χ0v) is 11.3. The molecule has 1 aliphatic heterocycles. The normalized spacial score (nSPS) is 24.6. The first kappa shape index (κ1) is 12.2. The van der Waals surface area contributed by atoms with Crippen molar-refractivity contribution in [3.8, 4) is 0 Å². The summed E-state index contributed by atoms with van der Waals surface area (Å²) < 4.78 is 0. The molecule has 0 aromatic heterocycles. The average molecular weight is 261 g/mol. The fraction of sp³-hybridized carbons (Fsp3) is 0.533. The molecule has 1 atom stereocenters. The van der Waals surface area contributed by atoms with Crippen LogP contribution in [-0.2, 0) is 0 Å². The summed E-state index contributed by atoms with van der Waals surface area (Å²) in [5, 5.41) is 3.35. The number of thioether (sulfide) groups is 1. The van der Waals surface area contributed by atoms with Gasteiger partial charge in [0.25, 0.3) is 0 Å². The van der Waals surface area contributed by atoms with E-state index in [1.54, 1.807) is 0 Å². The van der Waals surface area contributed by atoms with Gasteiger partial charge in [-0.15, -0.1) is 0 Å². The topological polar surface area (TPSA) is 29.1 Å². The summed E-state index contributed by atoms with van der Waals surface area (Å²) in [6.07, 6.45) is 3.80. The highest BCUT2D eigenvalue weighted by Crippen LogP contribution is 2.38. The average Bonchev–Trinajstić information content (AvgIpc) is 2.38. The number of carbonyl (C=O) groups is 1. The maximum atomic E-state index is 12.6. The van der Waals surface area contributed by atoms with Gasteiger partial charge in [-0.1, -0.05) is 30.7 Å². The Hall–Kier alpha value is -0.800. The molecule has 0 bridgehead atoms. The van der Waals surface area contributed by atoms with Crippen molar-refractivity contribution in [3.63, 3.8) is 0 Å². The van der Waals surface area contributed by atoms with Crippen molar-refractivity contribution >= 4 is 17.5 Å². The summed E-state index contributed by atoms with van der Waals surface area (Å²) in [6, 6.07) is 8.23. The molecule has 18 heavy (non-hydrogen) atoms. The second-order valence-electron chi connectivity index (χ2n) is 5.16. The molecule has 0 amide bonds. The van der Waals surface area contributed by atoms with Crippen LogP contribution >= 0.6 is 11.8 Å². The van der Waals surface area contributed by atoms with E-state index < -0.39 is 0 Å². The zero-order chi connectivity index (χ0) is 12.4. The van der Waals surface area contributed by atoms with E-state index in [2.05, 4.69) is 17.4 Å². The predicted molar refractivity (Wildman–Crippen MR) is 76.5 cm³/mol. The first-order valence-corrected chi connectivity index (χ1v) is 7.96. The highest BCUT2D eigenvalue weighted by molar-refractivity contribution is 7.99. The van der Waals surface area contributed by atoms with E-state index in [1.165, 1.54) is 24.8 Å². The molecule has 1 unspecified atom stereocenters. The summed E-state index contributed by atoms with van der Waals surface area (Å²) in [5.41, 5.74) is 2.24. The van der Waals surface area contributed by atoms with Crippen molar-refractivity contribution in [1.82, 2.24) is 5.32 Å². The summed E-state index contributed by atoms with van der Waals surface area (Å²) in [5.74, 6) is 2.96. The van der Waals surface area contributed by atoms with Crippen LogP contribution in [0.15, 0.2) is 24.3 Å². The Labute approximate surface area is 113 Å². The van der Waals surface area contributed by atoms with E-state index in [0.29, 0.717) is 11.7 Å². The minimum absolute atomic E-state index is 0.0185. The van der Waals surface area contributed by atoms with E-state index in [-0.39, 0.29) is 6.04 Å². The molecule has 1 N–H and O–H groups in total. The summed E-state index contributed by atoms with van der Waals surface area (Å²) in [4.78, 5) is 12.6. The van der Waals surface area contributed by atoms with E-state index in [1.807, 2.05) is 23.9 Å². The van der Waals surface area contributed by atoms with Gasteiger partial charge in [-0.05, 0) is 24.3 Å². The number of rotatable bonds is 3. The number of hydrogen-bond acceptors (Lipinski definition) is 3. The van der Waals surface area contributed by atoms with Gasteiger partial charge in [0.2, 0.25) is 0 Å². The molecular weight excluding hydrogens is 242 g/mol. The van der Waals surface area contributed by atoms with E-state index in [9.17, 15) is 4.79 Å². The van der Waals surface area contributed by atoms with Crippen molar-refractivity contribution in [2.24, 2.45) is 0 Å². The molecule has 1 saturated heterocycles. The largest absolute Gasteiger partial charge is 0.306 e. The molecule has 96 valence electrons. The summed E-state index contributed by atoms with van der Waals surface area (Å²) in [7, 11) is 0. The quantitative estimate of drug-likeness (QED) is 0.848. The first-order valence-electron chi connectivity index (χ1n) is 6.80. The number of nitrogens with one attached hydrogen (secondary N) is 1. The van der Waals surface area contributed by atoms with Gasteiger partial charge in [-0.25, -0.2) is 0 Å². The molecule has 0 radical (unpaired) electrons. The van der Waals surface area contributed by atoms with Gasteiger partial charge in [0, 0.05) is 23.6 Å². The van der Waals surface area contributed by atoms with Gasteiger partial charge in [0.15, 0.2) is 5.78 Å². The second kappa shape index (κ2) is 5.45. The zero-order valence-electron chi connectivity index (χ0n) is 10.5. The van der Waals surface area contributed by atoms with Crippen LogP contribution in [0.4, 0.5) is 0 Å². The Kier molecular flexibility index (Phi) is 3.71. The SMILES string of the molecule is O=C(c1ccccc1C1CCC1)C1CSCCN1. The maximum Gasteiger partial charge on any atom is 0.180 e. The molecule has 1 saturated carbocycles. The maximum absolute atomic E-state index is 12.6. The Balaban J connectivity index is 1.83. The second-order valence-corrected chi connectivity index (χ2v) is 6.31. The number of Topliss-reactive ketones (excluding diaryl/α,β-unsaturated/α-hetero) is 1. The van der Waals surface area contributed by atoms with E-state index >= 15 is 0 Å². The lowest BCUT2D eigenvalue weighted by Crippen LogP contribution is -2.43. The molecule has 1 aromatic carbocycles. The lowest BCUT2D eigenvalue weighted by molar-refractivity contribution is 0.0951. The fourth-order valence-corrected chi connectivity index (χ4v) is 3.65. The minimum Gasteiger partial charge on any atom is -0.306 e. The van der Waals surface area contributed by atoms with Gasteiger partial charge < -0.3 is 5.32 Å². The van der Waals surface area contributed by atoms with Crippen LogP contribution in [-0.4, -0.2) is 29.9 Å². The van der Waals surface area contributed by atoms with Crippen LogP contribution in [0.3, 0.4) is 0 Å². The van der Waals surface area contributed by atoms with Crippen LogP contribution < -0.4 is 5.32 Å². The van der Waals surface area contributed by atoms with Crippen molar-refractivity contribution in [2.45, 2.75) is 31.2 Å². The van der Waals surface area contributed by atoms with Gasteiger partial charge >= 0.3 is 0 Å². The fourth-order valence-electron chi connectivity index (χ4n) is 2.72. The molecule has 1 aromatic rings.